The molecule has 1 aliphatic carbocycles. The Hall–Kier alpha value is -2.76. The number of fused-ring (bicyclic) bond motifs is 1. The first kappa shape index (κ1) is 21.5. The average Bonchev–Trinajstić information content (AvgIpc) is 2.72. The third-order valence-corrected chi connectivity index (χ3v) is 5.94. The second kappa shape index (κ2) is 8.40. The van der Waals surface area contributed by atoms with Crippen molar-refractivity contribution in [3.8, 4) is 11.3 Å². The number of hydrogen-bond acceptors (Lipinski definition) is 4. The van der Waals surface area contributed by atoms with Gasteiger partial charge in [-0.15, -0.1) is 0 Å². The van der Waals surface area contributed by atoms with Gasteiger partial charge in [-0.2, -0.15) is 4.98 Å². The number of aryl methyl sites for hydroxylation is 1. The summed E-state index contributed by atoms with van der Waals surface area (Å²) in [6, 6.07) is 8.31. The summed E-state index contributed by atoms with van der Waals surface area (Å²) in [6.07, 6.45) is 5.43. The Labute approximate surface area is 182 Å². The summed E-state index contributed by atoms with van der Waals surface area (Å²) in [6.45, 7) is 9.00. The van der Waals surface area contributed by atoms with E-state index in [0.29, 0.717) is 18.1 Å². The van der Waals surface area contributed by atoms with Crippen LogP contribution in [0.1, 0.15) is 64.5 Å². The van der Waals surface area contributed by atoms with Gasteiger partial charge < -0.3 is 5.32 Å². The zero-order valence-corrected chi connectivity index (χ0v) is 18.8. The van der Waals surface area contributed by atoms with Crippen LogP contribution in [0.5, 0.6) is 0 Å². The summed E-state index contributed by atoms with van der Waals surface area (Å²) < 4.78 is 15.6. The molecule has 164 valence electrons. The van der Waals surface area contributed by atoms with Crippen molar-refractivity contribution in [1.82, 2.24) is 14.5 Å². The van der Waals surface area contributed by atoms with Crippen LogP contribution >= 0.6 is 0 Å². The quantitative estimate of drug-likeness (QED) is 0.571. The Morgan fingerprint density at radius 1 is 1.10 bits per heavy atom. The number of benzene rings is 1. The van der Waals surface area contributed by atoms with Crippen LogP contribution in [0.4, 0.5) is 10.3 Å². The van der Waals surface area contributed by atoms with Crippen LogP contribution in [-0.4, -0.2) is 21.1 Å². The van der Waals surface area contributed by atoms with E-state index in [9.17, 15) is 9.18 Å². The van der Waals surface area contributed by atoms with Crippen LogP contribution in [0.25, 0.3) is 22.3 Å². The highest BCUT2D eigenvalue weighted by Crippen LogP contribution is 2.33. The molecular formula is C25H31FN4O. The average molecular weight is 423 g/mol. The summed E-state index contributed by atoms with van der Waals surface area (Å²) >= 11 is 0. The van der Waals surface area contributed by atoms with Gasteiger partial charge in [0.1, 0.15) is 11.5 Å². The fourth-order valence-electron chi connectivity index (χ4n) is 4.35. The number of hydrogen-bond donors (Lipinski definition) is 1. The van der Waals surface area contributed by atoms with Gasteiger partial charge in [0, 0.05) is 29.6 Å². The third kappa shape index (κ3) is 4.63. The van der Waals surface area contributed by atoms with Crippen molar-refractivity contribution in [2.45, 2.75) is 65.8 Å². The van der Waals surface area contributed by atoms with Crippen LogP contribution in [-0.2, 0) is 0 Å². The lowest BCUT2D eigenvalue weighted by Crippen LogP contribution is -2.27. The molecule has 1 N–H and O–H groups in total. The minimum Gasteiger partial charge on any atom is -0.354 e. The summed E-state index contributed by atoms with van der Waals surface area (Å²) in [5, 5.41) is 4.18. The smallest absolute Gasteiger partial charge is 0.252 e. The standard InChI is InChI=1S/C25H31FN4O/c1-16-14-17(26)10-11-19(16)22-20-12-13-21(31)30(18-8-6-5-7-9-18)23(20)29-24(28-22)27-15-25(2,3)4/h10-14,18H,5-9,15H2,1-4H3,(H,27,28,29). The van der Waals surface area contributed by atoms with Crippen molar-refractivity contribution in [3.05, 3.63) is 52.1 Å². The second-order valence-electron chi connectivity index (χ2n) is 9.84. The maximum Gasteiger partial charge on any atom is 0.252 e. The molecule has 31 heavy (non-hydrogen) atoms. The molecule has 3 aromatic rings. The van der Waals surface area contributed by atoms with Gasteiger partial charge in [0.25, 0.3) is 5.56 Å². The number of aromatic nitrogens is 3. The van der Waals surface area contributed by atoms with E-state index in [0.717, 1.165) is 47.9 Å². The van der Waals surface area contributed by atoms with E-state index in [-0.39, 0.29) is 22.8 Å². The van der Waals surface area contributed by atoms with Crippen molar-refractivity contribution in [1.29, 1.82) is 0 Å². The van der Waals surface area contributed by atoms with Gasteiger partial charge >= 0.3 is 0 Å². The normalized spacial score (nSPS) is 15.4. The molecule has 2 heterocycles. The number of halogens is 1. The molecule has 0 radical (unpaired) electrons. The lowest BCUT2D eigenvalue weighted by molar-refractivity contribution is 0.353. The summed E-state index contributed by atoms with van der Waals surface area (Å²) in [4.78, 5) is 22.6. The van der Waals surface area contributed by atoms with Gasteiger partial charge in [0.05, 0.1) is 5.69 Å². The topological polar surface area (TPSA) is 59.8 Å². The highest BCUT2D eigenvalue weighted by atomic mass is 19.1. The maximum absolute atomic E-state index is 13.8. The number of nitrogens with one attached hydrogen (secondary N) is 1. The van der Waals surface area contributed by atoms with Gasteiger partial charge in [0.2, 0.25) is 5.95 Å². The SMILES string of the molecule is Cc1cc(F)ccc1-c1nc(NCC(C)(C)C)nc2c1ccc(=O)n2C1CCCCC1. The molecule has 1 saturated carbocycles. The van der Waals surface area contributed by atoms with Crippen LogP contribution in [0.3, 0.4) is 0 Å². The number of pyridine rings is 1. The van der Waals surface area contributed by atoms with Crippen molar-refractivity contribution < 1.29 is 4.39 Å². The number of anilines is 1. The van der Waals surface area contributed by atoms with Crippen LogP contribution in [0, 0.1) is 18.2 Å². The van der Waals surface area contributed by atoms with Gasteiger partial charge in [-0.05, 0) is 55.0 Å². The molecule has 2 aromatic heterocycles. The van der Waals surface area contributed by atoms with E-state index in [2.05, 4.69) is 26.1 Å². The summed E-state index contributed by atoms with van der Waals surface area (Å²) in [5.74, 6) is 0.223. The fourth-order valence-corrected chi connectivity index (χ4v) is 4.35. The first-order valence-corrected chi connectivity index (χ1v) is 11.2. The van der Waals surface area contributed by atoms with E-state index in [1.165, 1.54) is 18.6 Å². The van der Waals surface area contributed by atoms with Crippen molar-refractivity contribution in [3.63, 3.8) is 0 Å². The molecular weight excluding hydrogens is 391 g/mol. The fraction of sp³-hybridized carbons (Fsp3) is 0.480. The Bertz CT molecular complexity index is 1160. The minimum atomic E-state index is -0.273. The van der Waals surface area contributed by atoms with Crippen LogP contribution in [0.15, 0.2) is 35.1 Å². The molecule has 1 fully saturated rings. The molecule has 0 bridgehead atoms. The van der Waals surface area contributed by atoms with Crippen LogP contribution in [0.2, 0.25) is 0 Å². The predicted octanol–water partition coefficient (Wildman–Crippen LogP) is 5.87. The highest BCUT2D eigenvalue weighted by Gasteiger charge is 2.22. The molecule has 5 nitrogen and oxygen atoms in total. The monoisotopic (exact) mass is 422 g/mol. The molecule has 6 heteroatoms. The van der Waals surface area contributed by atoms with Crippen molar-refractivity contribution in [2.24, 2.45) is 5.41 Å². The van der Waals surface area contributed by atoms with Crippen LogP contribution < -0.4 is 10.9 Å². The van der Waals surface area contributed by atoms with Gasteiger partial charge in [-0.25, -0.2) is 9.37 Å². The van der Waals surface area contributed by atoms with Crippen molar-refractivity contribution in [2.75, 3.05) is 11.9 Å². The molecule has 0 aliphatic heterocycles. The van der Waals surface area contributed by atoms with Gasteiger partial charge in [-0.3, -0.25) is 9.36 Å². The Morgan fingerprint density at radius 2 is 1.84 bits per heavy atom. The van der Waals surface area contributed by atoms with Gasteiger partial charge in [-0.1, -0.05) is 40.0 Å². The molecule has 0 spiro atoms. The zero-order valence-electron chi connectivity index (χ0n) is 18.8. The minimum absolute atomic E-state index is 0.0263. The molecule has 0 atom stereocenters. The molecule has 0 unspecified atom stereocenters. The Kier molecular flexibility index (Phi) is 5.82. The predicted molar refractivity (Wildman–Crippen MR) is 124 cm³/mol. The Balaban J connectivity index is 1.95. The molecule has 0 amide bonds. The zero-order chi connectivity index (χ0) is 22.2. The third-order valence-electron chi connectivity index (χ3n) is 5.94. The van der Waals surface area contributed by atoms with Crippen molar-refractivity contribution >= 4 is 17.0 Å². The highest BCUT2D eigenvalue weighted by molar-refractivity contribution is 5.92. The van der Waals surface area contributed by atoms with E-state index in [1.807, 2.05) is 17.6 Å². The molecule has 0 saturated heterocycles. The van der Waals surface area contributed by atoms with E-state index in [4.69, 9.17) is 9.97 Å². The van der Waals surface area contributed by atoms with E-state index in [1.54, 1.807) is 12.1 Å². The van der Waals surface area contributed by atoms with E-state index >= 15 is 0 Å². The van der Waals surface area contributed by atoms with E-state index < -0.39 is 0 Å². The summed E-state index contributed by atoms with van der Waals surface area (Å²) in [7, 11) is 0. The number of rotatable bonds is 4. The largest absolute Gasteiger partial charge is 0.354 e. The first-order valence-electron chi connectivity index (χ1n) is 11.2. The molecule has 4 rings (SSSR count). The van der Waals surface area contributed by atoms with Gasteiger partial charge in [0.15, 0.2) is 0 Å². The number of nitrogens with zero attached hydrogens (tertiary/aromatic N) is 3. The lowest BCUT2D eigenvalue weighted by Gasteiger charge is -2.26. The maximum atomic E-state index is 13.8. The molecule has 1 aromatic carbocycles. The Morgan fingerprint density at radius 3 is 2.52 bits per heavy atom. The first-order chi connectivity index (χ1) is 14.7. The second-order valence-corrected chi connectivity index (χ2v) is 9.84. The summed E-state index contributed by atoms with van der Waals surface area (Å²) in [5.41, 5.74) is 3.05. The molecule has 1 aliphatic rings. The lowest BCUT2D eigenvalue weighted by atomic mass is 9.95.